The maximum atomic E-state index is 5.43. The Morgan fingerprint density at radius 1 is 1.21 bits per heavy atom. The zero-order valence-electron chi connectivity index (χ0n) is 8.83. The Hall–Kier alpha value is -0.820. The summed E-state index contributed by atoms with van der Waals surface area (Å²) in [4.78, 5) is 0. The van der Waals surface area contributed by atoms with Gasteiger partial charge >= 0.3 is 0 Å². The van der Waals surface area contributed by atoms with Crippen molar-refractivity contribution in [2.45, 2.75) is 31.6 Å². The molecule has 1 aromatic carbocycles. The monoisotopic (exact) mass is 190 g/mol. The van der Waals surface area contributed by atoms with Crippen molar-refractivity contribution < 1.29 is 4.74 Å². The van der Waals surface area contributed by atoms with E-state index in [9.17, 15) is 0 Å². The van der Waals surface area contributed by atoms with Gasteiger partial charge in [0, 0.05) is 13.2 Å². The van der Waals surface area contributed by atoms with Crippen LogP contribution in [0.25, 0.3) is 0 Å². The molecule has 1 aromatic rings. The van der Waals surface area contributed by atoms with Gasteiger partial charge in [0.25, 0.3) is 0 Å². The molecule has 76 valence electrons. The van der Waals surface area contributed by atoms with Crippen molar-refractivity contribution in [1.82, 2.24) is 0 Å². The summed E-state index contributed by atoms with van der Waals surface area (Å²) in [6.45, 7) is 3.80. The standard InChI is InChI=1S/C13H18O/c1-2-14-11-10-13(8-9-13)12-6-4-3-5-7-12/h3-7H,2,8-11H2,1H3. The third kappa shape index (κ3) is 1.98. The highest BCUT2D eigenvalue weighted by atomic mass is 16.5. The van der Waals surface area contributed by atoms with E-state index in [-0.39, 0.29) is 0 Å². The topological polar surface area (TPSA) is 9.23 Å². The van der Waals surface area contributed by atoms with Gasteiger partial charge in [0.1, 0.15) is 0 Å². The lowest BCUT2D eigenvalue weighted by Gasteiger charge is -2.15. The van der Waals surface area contributed by atoms with E-state index in [0.717, 1.165) is 13.2 Å². The Labute approximate surface area is 86.1 Å². The van der Waals surface area contributed by atoms with E-state index < -0.39 is 0 Å². The van der Waals surface area contributed by atoms with Crippen molar-refractivity contribution in [2.24, 2.45) is 0 Å². The Morgan fingerprint density at radius 3 is 2.50 bits per heavy atom. The predicted molar refractivity (Wildman–Crippen MR) is 58.5 cm³/mol. The molecule has 0 heterocycles. The van der Waals surface area contributed by atoms with Crippen LogP contribution in [-0.2, 0) is 10.2 Å². The van der Waals surface area contributed by atoms with E-state index in [1.54, 1.807) is 0 Å². The molecule has 0 N–H and O–H groups in total. The quantitative estimate of drug-likeness (QED) is 0.648. The molecule has 14 heavy (non-hydrogen) atoms. The molecule has 0 amide bonds. The molecule has 0 saturated heterocycles. The second-order valence-corrected chi connectivity index (χ2v) is 4.09. The third-order valence-electron chi connectivity index (χ3n) is 3.17. The Morgan fingerprint density at radius 2 is 1.93 bits per heavy atom. The second-order valence-electron chi connectivity index (χ2n) is 4.09. The highest BCUT2D eigenvalue weighted by Crippen LogP contribution is 2.50. The number of hydrogen-bond acceptors (Lipinski definition) is 1. The SMILES string of the molecule is CCOCCC1(c2ccccc2)CC1. The largest absolute Gasteiger partial charge is 0.382 e. The Kier molecular flexibility index (Phi) is 2.87. The van der Waals surface area contributed by atoms with E-state index >= 15 is 0 Å². The molecule has 2 rings (SSSR count). The van der Waals surface area contributed by atoms with Crippen LogP contribution < -0.4 is 0 Å². The first-order valence-corrected chi connectivity index (χ1v) is 5.51. The van der Waals surface area contributed by atoms with Crippen LogP contribution in [0.15, 0.2) is 30.3 Å². The molecular formula is C13H18O. The van der Waals surface area contributed by atoms with Gasteiger partial charge in [-0.15, -0.1) is 0 Å². The van der Waals surface area contributed by atoms with Crippen LogP contribution in [0.4, 0.5) is 0 Å². The number of rotatable bonds is 5. The molecule has 1 aliphatic carbocycles. The lowest BCUT2D eigenvalue weighted by atomic mass is 9.93. The zero-order chi connectivity index (χ0) is 9.86. The fourth-order valence-electron chi connectivity index (χ4n) is 2.04. The van der Waals surface area contributed by atoms with Crippen molar-refractivity contribution in [2.75, 3.05) is 13.2 Å². The van der Waals surface area contributed by atoms with Crippen molar-refractivity contribution in [3.8, 4) is 0 Å². The normalized spacial score (nSPS) is 18.1. The molecule has 0 aliphatic heterocycles. The summed E-state index contributed by atoms with van der Waals surface area (Å²) < 4.78 is 5.43. The Bertz CT molecular complexity index is 275. The fraction of sp³-hybridized carbons (Fsp3) is 0.538. The van der Waals surface area contributed by atoms with Crippen LogP contribution in [0.3, 0.4) is 0 Å². The summed E-state index contributed by atoms with van der Waals surface area (Å²) in [5.41, 5.74) is 1.97. The molecule has 1 saturated carbocycles. The first-order chi connectivity index (χ1) is 6.87. The van der Waals surface area contributed by atoms with Crippen LogP contribution in [0.5, 0.6) is 0 Å². The molecule has 1 aliphatic rings. The van der Waals surface area contributed by atoms with E-state index in [1.165, 1.54) is 24.8 Å². The molecule has 1 nitrogen and oxygen atoms in total. The molecule has 0 aromatic heterocycles. The van der Waals surface area contributed by atoms with Crippen molar-refractivity contribution in [1.29, 1.82) is 0 Å². The molecule has 0 unspecified atom stereocenters. The third-order valence-corrected chi connectivity index (χ3v) is 3.17. The van der Waals surface area contributed by atoms with Gasteiger partial charge < -0.3 is 4.74 Å². The molecule has 1 fully saturated rings. The minimum absolute atomic E-state index is 0.469. The molecule has 1 heteroatoms. The lowest BCUT2D eigenvalue weighted by molar-refractivity contribution is 0.137. The maximum absolute atomic E-state index is 5.43. The van der Waals surface area contributed by atoms with Crippen LogP contribution >= 0.6 is 0 Å². The van der Waals surface area contributed by atoms with Gasteiger partial charge in [0.2, 0.25) is 0 Å². The van der Waals surface area contributed by atoms with Crippen LogP contribution in [0.2, 0.25) is 0 Å². The summed E-state index contributed by atoms with van der Waals surface area (Å²) in [6, 6.07) is 10.9. The average Bonchev–Trinajstić information content (AvgIpc) is 3.01. The first-order valence-electron chi connectivity index (χ1n) is 5.51. The Balaban J connectivity index is 1.96. The molecule has 0 bridgehead atoms. The van der Waals surface area contributed by atoms with Crippen LogP contribution in [0, 0.1) is 0 Å². The van der Waals surface area contributed by atoms with Gasteiger partial charge in [-0.1, -0.05) is 30.3 Å². The lowest BCUT2D eigenvalue weighted by Crippen LogP contribution is -2.10. The molecular weight excluding hydrogens is 172 g/mol. The molecule has 0 spiro atoms. The van der Waals surface area contributed by atoms with Crippen molar-refractivity contribution in [3.63, 3.8) is 0 Å². The second kappa shape index (κ2) is 4.14. The minimum atomic E-state index is 0.469. The first kappa shape index (κ1) is 9.72. The molecule has 0 radical (unpaired) electrons. The van der Waals surface area contributed by atoms with Gasteiger partial charge in [-0.2, -0.15) is 0 Å². The van der Waals surface area contributed by atoms with Gasteiger partial charge in [-0.25, -0.2) is 0 Å². The van der Waals surface area contributed by atoms with Crippen molar-refractivity contribution >= 4 is 0 Å². The van der Waals surface area contributed by atoms with E-state index in [4.69, 9.17) is 4.74 Å². The van der Waals surface area contributed by atoms with Gasteiger partial charge in [0.05, 0.1) is 0 Å². The van der Waals surface area contributed by atoms with Crippen LogP contribution in [0.1, 0.15) is 31.7 Å². The van der Waals surface area contributed by atoms with Gasteiger partial charge in [0.15, 0.2) is 0 Å². The van der Waals surface area contributed by atoms with E-state index in [1.807, 2.05) is 0 Å². The highest BCUT2D eigenvalue weighted by molar-refractivity contribution is 5.30. The minimum Gasteiger partial charge on any atom is -0.382 e. The fourth-order valence-corrected chi connectivity index (χ4v) is 2.04. The predicted octanol–water partition coefficient (Wildman–Crippen LogP) is 3.14. The summed E-state index contributed by atoms with van der Waals surface area (Å²) in [6.07, 6.45) is 3.86. The highest BCUT2D eigenvalue weighted by Gasteiger charge is 2.43. The summed E-state index contributed by atoms with van der Waals surface area (Å²) in [7, 11) is 0. The maximum Gasteiger partial charge on any atom is 0.0474 e. The number of ether oxygens (including phenoxy) is 1. The number of benzene rings is 1. The zero-order valence-corrected chi connectivity index (χ0v) is 8.83. The van der Waals surface area contributed by atoms with Crippen LogP contribution in [-0.4, -0.2) is 13.2 Å². The molecule has 0 atom stereocenters. The van der Waals surface area contributed by atoms with Gasteiger partial charge in [-0.3, -0.25) is 0 Å². The summed E-state index contributed by atoms with van der Waals surface area (Å²) >= 11 is 0. The van der Waals surface area contributed by atoms with Gasteiger partial charge in [-0.05, 0) is 37.2 Å². The average molecular weight is 190 g/mol. The smallest absolute Gasteiger partial charge is 0.0474 e. The van der Waals surface area contributed by atoms with Crippen molar-refractivity contribution in [3.05, 3.63) is 35.9 Å². The van der Waals surface area contributed by atoms with E-state index in [2.05, 4.69) is 37.3 Å². The summed E-state index contributed by atoms with van der Waals surface area (Å²) in [5.74, 6) is 0. The van der Waals surface area contributed by atoms with E-state index in [0.29, 0.717) is 5.41 Å². The number of hydrogen-bond donors (Lipinski definition) is 0. The summed E-state index contributed by atoms with van der Waals surface area (Å²) in [5, 5.41) is 0.